The molecular formula is C32H29ClN12. The Labute approximate surface area is 264 Å². The van der Waals surface area contributed by atoms with Gasteiger partial charge >= 0.3 is 0 Å². The molecule has 0 amide bonds. The summed E-state index contributed by atoms with van der Waals surface area (Å²) in [7, 11) is 3.80. The van der Waals surface area contributed by atoms with Crippen molar-refractivity contribution in [1.82, 2.24) is 48.8 Å². The van der Waals surface area contributed by atoms with Crippen LogP contribution < -0.4 is 11.5 Å². The molecule has 2 aromatic carbocycles. The number of rotatable bonds is 4. The molecule has 0 bridgehead atoms. The first-order valence-corrected chi connectivity index (χ1v) is 13.8. The van der Waals surface area contributed by atoms with Crippen molar-refractivity contribution in [1.29, 1.82) is 0 Å². The summed E-state index contributed by atoms with van der Waals surface area (Å²) in [5, 5.41) is 17.0. The van der Waals surface area contributed by atoms with Crippen LogP contribution in [0.4, 0.5) is 11.4 Å². The number of nitrogens with two attached hydrogens (primary N) is 2. The first-order valence-electron chi connectivity index (χ1n) is 13.8. The predicted molar refractivity (Wildman–Crippen MR) is 177 cm³/mol. The second kappa shape index (κ2) is 11.9. The van der Waals surface area contributed by atoms with Gasteiger partial charge in [0.1, 0.15) is 12.7 Å². The van der Waals surface area contributed by atoms with Gasteiger partial charge in [0.15, 0.2) is 0 Å². The Morgan fingerprint density at radius 3 is 1.24 bits per heavy atom. The Hall–Kier alpha value is -6.01. The second-order valence-corrected chi connectivity index (χ2v) is 10.4. The van der Waals surface area contributed by atoms with E-state index in [9.17, 15) is 0 Å². The summed E-state index contributed by atoms with van der Waals surface area (Å²) in [6.45, 7) is 0. The molecule has 12 nitrogen and oxygen atoms in total. The van der Waals surface area contributed by atoms with Gasteiger partial charge in [0.05, 0.1) is 34.8 Å². The van der Waals surface area contributed by atoms with Crippen LogP contribution in [0.25, 0.3) is 55.8 Å². The number of benzene rings is 2. The average molecular weight is 617 g/mol. The highest BCUT2D eigenvalue weighted by Crippen LogP contribution is 2.29. The minimum Gasteiger partial charge on any atom is -0.399 e. The van der Waals surface area contributed by atoms with Crippen LogP contribution in [0.2, 0.25) is 0 Å². The third-order valence-corrected chi connectivity index (χ3v) is 7.26. The number of halogens is 1. The zero-order chi connectivity index (χ0) is 30.2. The number of hydrogen-bond donors (Lipinski definition) is 2. The molecule has 0 radical (unpaired) electrons. The van der Waals surface area contributed by atoms with E-state index in [0.717, 1.165) is 67.2 Å². The number of aromatic nitrogens is 10. The van der Waals surface area contributed by atoms with Crippen molar-refractivity contribution in [3.05, 3.63) is 110 Å². The predicted octanol–water partition coefficient (Wildman–Crippen LogP) is 5.18. The van der Waals surface area contributed by atoms with Crippen molar-refractivity contribution in [3.63, 3.8) is 0 Å². The van der Waals surface area contributed by atoms with Gasteiger partial charge in [-0.05, 0) is 36.4 Å². The van der Waals surface area contributed by atoms with Crippen LogP contribution in [-0.4, -0.2) is 48.8 Å². The molecule has 6 heterocycles. The van der Waals surface area contributed by atoms with Gasteiger partial charge in [-0.2, -0.15) is 20.4 Å². The van der Waals surface area contributed by atoms with Crippen molar-refractivity contribution in [2.75, 3.05) is 11.5 Å². The summed E-state index contributed by atoms with van der Waals surface area (Å²) in [5.41, 5.74) is 22.9. The highest BCUT2D eigenvalue weighted by molar-refractivity contribution is 5.85. The number of hydrogen-bond acceptors (Lipinski definition) is 8. The molecule has 224 valence electrons. The Morgan fingerprint density at radius 1 is 0.489 bits per heavy atom. The van der Waals surface area contributed by atoms with Crippen LogP contribution in [0.3, 0.4) is 0 Å². The minimum absolute atomic E-state index is 0. The van der Waals surface area contributed by atoms with E-state index in [2.05, 4.69) is 42.5 Å². The topological polar surface area (TPSA) is 148 Å². The molecule has 0 spiro atoms. The van der Waals surface area contributed by atoms with Crippen molar-refractivity contribution < 1.29 is 0 Å². The van der Waals surface area contributed by atoms with Gasteiger partial charge in [0, 0.05) is 83.6 Å². The zero-order valence-corrected chi connectivity index (χ0v) is 25.2. The maximum Gasteiger partial charge on any atom is 0.137 e. The molecule has 6 aromatic heterocycles. The van der Waals surface area contributed by atoms with Crippen LogP contribution in [-0.2, 0) is 14.1 Å². The summed E-state index contributed by atoms with van der Waals surface area (Å²) < 4.78 is 7.23. The Bertz CT molecular complexity index is 2060. The van der Waals surface area contributed by atoms with E-state index < -0.39 is 0 Å². The van der Waals surface area contributed by atoms with Crippen LogP contribution in [0.15, 0.2) is 110 Å². The van der Waals surface area contributed by atoms with Gasteiger partial charge in [-0.15, -0.1) is 12.4 Å². The standard InChI is InChI=1S/2C16H14N6.ClH/c2*1-21-8-13(7-19-21)12-6-15-16(18-10-20-22(15)9-12)11-2-4-14(17)5-3-11;/h2*2-10H,17H2,1H3;1H. The minimum atomic E-state index is 0. The fraction of sp³-hybridized carbons (Fsp3) is 0.0625. The Morgan fingerprint density at radius 2 is 0.889 bits per heavy atom. The van der Waals surface area contributed by atoms with Gasteiger partial charge in [-0.3, -0.25) is 9.36 Å². The number of nitrogens with zero attached hydrogens (tertiary/aromatic N) is 10. The quantitative estimate of drug-likeness (QED) is 0.257. The first kappa shape index (κ1) is 29.1. The third-order valence-electron chi connectivity index (χ3n) is 7.26. The summed E-state index contributed by atoms with van der Waals surface area (Å²) in [6, 6.07) is 19.5. The normalized spacial score (nSPS) is 10.9. The van der Waals surface area contributed by atoms with Crippen molar-refractivity contribution in [2.45, 2.75) is 0 Å². The van der Waals surface area contributed by atoms with Crippen LogP contribution in [0.1, 0.15) is 0 Å². The molecule has 0 fully saturated rings. The molecule has 0 unspecified atom stereocenters. The third kappa shape index (κ3) is 5.82. The zero-order valence-electron chi connectivity index (χ0n) is 24.4. The molecule has 0 aliphatic rings. The maximum absolute atomic E-state index is 5.75. The fourth-order valence-corrected chi connectivity index (χ4v) is 5.04. The molecule has 0 saturated carbocycles. The molecule has 4 N–H and O–H groups in total. The average Bonchev–Trinajstić information content (AvgIpc) is 3.84. The summed E-state index contributed by atoms with van der Waals surface area (Å²) >= 11 is 0. The van der Waals surface area contributed by atoms with Crippen LogP contribution in [0.5, 0.6) is 0 Å². The fourth-order valence-electron chi connectivity index (χ4n) is 5.04. The van der Waals surface area contributed by atoms with E-state index in [4.69, 9.17) is 11.5 Å². The summed E-state index contributed by atoms with van der Waals surface area (Å²) in [5.74, 6) is 0. The van der Waals surface area contributed by atoms with Crippen molar-refractivity contribution in [3.8, 4) is 44.8 Å². The first-order chi connectivity index (χ1) is 21.4. The van der Waals surface area contributed by atoms with Gasteiger partial charge in [-0.25, -0.2) is 19.0 Å². The summed E-state index contributed by atoms with van der Waals surface area (Å²) in [6.07, 6.45) is 14.7. The number of nitrogen functional groups attached to an aromatic ring is 2. The highest BCUT2D eigenvalue weighted by atomic mass is 35.5. The number of aryl methyl sites for hydroxylation is 2. The molecule has 13 heteroatoms. The molecule has 8 rings (SSSR count). The molecule has 8 aromatic rings. The lowest BCUT2D eigenvalue weighted by Gasteiger charge is -2.03. The van der Waals surface area contributed by atoms with E-state index in [1.54, 1.807) is 22.0 Å². The van der Waals surface area contributed by atoms with E-state index in [-0.39, 0.29) is 12.4 Å². The van der Waals surface area contributed by atoms with E-state index in [1.165, 1.54) is 0 Å². The van der Waals surface area contributed by atoms with Crippen molar-refractivity contribution >= 4 is 34.8 Å². The molecule has 0 aliphatic carbocycles. The molecule has 0 aliphatic heterocycles. The number of fused-ring (bicyclic) bond motifs is 2. The van der Waals surface area contributed by atoms with E-state index in [1.807, 2.05) is 109 Å². The smallest absolute Gasteiger partial charge is 0.137 e. The second-order valence-electron chi connectivity index (χ2n) is 10.4. The number of anilines is 2. The molecular weight excluding hydrogens is 588 g/mol. The maximum atomic E-state index is 5.75. The van der Waals surface area contributed by atoms with Crippen molar-refractivity contribution in [2.24, 2.45) is 14.1 Å². The molecule has 0 saturated heterocycles. The van der Waals surface area contributed by atoms with Gasteiger partial charge < -0.3 is 11.5 Å². The largest absolute Gasteiger partial charge is 0.399 e. The molecule has 45 heavy (non-hydrogen) atoms. The Balaban J connectivity index is 0.000000155. The van der Waals surface area contributed by atoms with E-state index in [0.29, 0.717) is 0 Å². The van der Waals surface area contributed by atoms with Gasteiger partial charge in [0.25, 0.3) is 0 Å². The SMILES string of the molecule is Cl.Cn1cc(-c2cc3c(-c4ccc(N)cc4)ncnn3c2)cn1.Cn1cc(-c2cc3c(-c4ccc(N)cc4)ncnn3c2)cn1. The van der Waals surface area contributed by atoms with Crippen LogP contribution >= 0.6 is 12.4 Å². The lowest BCUT2D eigenvalue weighted by atomic mass is 10.1. The van der Waals surface area contributed by atoms with Gasteiger partial charge in [0.2, 0.25) is 0 Å². The lowest BCUT2D eigenvalue weighted by Crippen LogP contribution is -1.94. The monoisotopic (exact) mass is 616 g/mol. The van der Waals surface area contributed by atoms with Gasteiger partial charge in [-0.1, -0.05) is 24.3 Å². The lowest BCUT2D eigenvalue weighted by molar-refractivity contribution is 0.768. The van der Waals surface area contributed by atoms with E-state index >= 15 is 0 Å². The molecule has 0 atom stereocenters. The van der Waals surface area contributed by atoms with Crippen LogP contribution in [0, 0.1) is 0 Å². The Kier molecular flexibility index (Phi) is 7.71. The highest BCUT2D eigenvalue weighted by Gasteiger charge is 2.12. The summed E-state index contributed by atoms with van der Waals surface area (Å²) in [4.78, 5) is 8.85.